The Morgan fingerprint density at radius 1 is 1.40 bits per heavy atom. The van der Waals surface area contributed by atoms with Gasteiger partial charge in [-0.3, -0.25) is 0 Å². The minimum absolute atomic E-state index is 0.859. The minimum atomic E-state index is 0.859. The predicted molar refractivity (Wildman–Crippen MR) is 60.7 cm³/mol. The van der Waals surface area contributed by atoms with Gasteiger partial charge in [-0.2, -0.15) is 0 Å². The Morgan fingerprint density at radius 2 is 2.20 bits per heavy atom. The molecule has 4 nitrogen and oxygen atoms in total. The van der Waals surface area contributed by atoms with E-state index in [-0.39, 0.29) is 0 Å². The number of aromatic nitrogens is 3. The number of fused-ring (bicyclic) bond motifs is 1. The standard InChI is InChI=1S/C11H16N4/c1-4-9-10-8(5-12-2)6-15(3)11(10)14-7-13-9/h6-7,12H,4-5H2,1-3H3. The molecule has 0 radical (unpaired) electrons. The smallest absolute Gasteiger partial charge is 0.143 e. The van der Waals surface area contributed by atoms with Crippen LogP contribution in [0.25, 0.3) is 11.0 Å². The highest BCUT2D eigenvalue weighted by molar-refractivity contribution is 5.82. The minimum Gasteiger partial charge on any atom is -0.335 e. The van der Waals surface area contributed by atoms with Gasteiger partial charge in [0.15, 0.2) is 0 Å². The average Bonchev–Trinajstić information content (AvgIpc) is 2.57. The van der Waals surface area contributed by atoms with Gasteiger partial charge < -0.3 is 9.88 Å². The Labute approximate surface area is 89.3 Å². The van der Waals surface area contributed by atoms with Crippen LogP contribution in [0, 0.1) is 0 Å². The fraction of sp³-hybridized carbons (Fsp3) is 0.455. The molecule has 0 atom stereocenters. The molecule has 1 N–H and O–H groups in total. The first kappa shape index (κ1) is 10.1. The summed E-state index contributed by atoms with van der Waals surface area (Å²) in [6, 6.07) is 0. The summed E-state index contributed by atoms with van der Waals surface area (Å²) in [4.78, 5) is 8.65. The van der Waals surface area contributed by atoms with E-state index in [2.05, 4.69) is 33.0 Å². The molecule has 2 aromatic heterocycles. The van der Waals surface area contributed by atoms with Crippen molar-refractivity contribution in [3.05, 3.63) is 23.8 Å². The molecule has 0 bridgehead atoms. The number of rotatable bonds is 3. The van der Waals surface area contributed by atoms with Crippen LogP contribution < -0.4 is 5.32 Å². The van der Waals surface area contributed by atoms with E-state index in [9.17, 15) is 0 Å². The van der Waals surface area contributed by atoms with Crippen molar-refractivity contribution in [2.24, 2.45) is 7.05 Å². The van der Waals surface area contributed by atoms with Gasteiger partial charge in [-0.1, -0.05) is 6.92 Å². The molecule has 0 saturated heterocycles. The highest BCUT2D eigenvalue weighted by Gasteiger charge is 2.11. The van der Waals surface area contributed by atoms with E-state index >= 15 is 0 Å². The van der Waals surface area contributed by atoms with Crippen LogP contribution >= 0.6 is 0 Å². The molecule has 0 amide bonds. The van der Waals surface area contributed by atoms with E-state index in [1.165, 1.54) is 10.9 Å². The molecule has 80 valence electrons. The zero-order valence-electron chi connectivity index (χ0n) is 9.41. The second-order valence-electron chi connectivity index (χ2n) is 3.67. The van der Waals surface area contributed by atoms with Gasteiger partial charge in [0, 0.05) is 25.2 Å². The second-order valence-corrected chi connectivity index (χ2v) is 3.67. The molecular weight excluding hydrogens is 188 g/mol. The lowest BCUT2D eigenvalue weighted by Gasteiger charge is -2.01. The first-order chi connectivity index (χ1) is 7.27. The normalized spacial score (nSPS) is 11.1. The van der Waals surface area contributed by atoms with E-state index in [1.54, 1.807) is 6.33 Å². The van der Waals surface area contributed by atoms with Gasteiger partial charge in [0.1, 0.15) is 12.0 Å². The number of nitrogens with zero attached hydrogens (tertiary/aromatic N) is 3. The Morgan fingerprint density at radius 3 is 2.87 bits per heavy atom. The quantitative estimate of drug-likeness (QED) is 0.818. The van der Waals surface area contributed by atoms with Crippen LogP contribution in [0.15, 0.2) is 12.5 Å². The van der Waals surface area contributed by atoms with Crippen molar-refractivity contribution in [3.63, 3.8) is 0 Å². The SMILES string of the molecule is CCc1ncnc2c1c(CNC)cn2C. The van der Waals surface area contributed by atoms with E-state index in [4.69, 9.17) is 0 Å². The van der Waals surface area contributed by atoms with Gasteiger partial charge in [0.05, 0.1) is 5.69 Å². The first-order valence-electron chi connectivity index (χ1n) is 5.20. The average molecular weight is 204 g/mol. The third-order valence-corrected chi connectivity index (χ3v) is 2.61. The van der Waals surface area contributed by atoms with Gasteiger partial charge in [0.25, 0.3) is 0 Å². The maximum atomic E-state index is 4.33. The van der Waals surface area contributed by atoms with Crippen LogP contribution in [-0.4, -0.2) is 21.6 Å². The van der Waals surface area contributed by atoms with Gasteiger partial charge in [-0.25, -0.2) is 9.97 Å². The fourth-order valence-electron chi connectivity index (χ4n) is 1.96. The Kier molecular flexibility index (Phi) is 2.68. The molecule has 0 unspecified atom stereocenters. The van der Waals surface area contributed by atoms with Crippen molar-refractivity contribution in [1.82, 2.24) is 19.9 Å². The Balaban J connectivity index is 2.70. The molecule has 2 heterocycles. The Hall–Kier alpha value is -1.42. The summed E-state index contributed by atoms with van der Waals surface area (Å²) in [5.74, 6) is 0. The van der Waals surface area contributed by atoms with Crippen LogP contribution in [0.2, 0.25) is 0 Å². The molecule has 0 aliphatic carbocycles. The topological polar surface area (TPSA) is 42.7 Å². The number of hydrogen-bond donors (Lipinski definition) is 1. The van der Waals surface area contributed by atoms with Crippen LogP contribution in [-0.2, 0) is 20.0 Å². The van der Waals surface area contributed by atoms with Crippen molar-refractivity contribution >= 4 is 11.0 Å². The predicted octanol–water partition coefficient (Wildman–Crippen LogP) is 1.25. The summed E-state index contributed by atoms with van der Waals surface area (Å²) in [6.45, 7) is 2.98. The van der Waals surface area contributed by atoms with E-state index in [0.717, 1.165) is 24.3 Å². The second kappa shape index (κ2) is 3.98. The maximum absolute atomic E-state index is 4.33. The van der Waals surface area contributed by atoms with Crippen LogP contribution in [0.1, 0.15) is 18.2 Å². The highest BCUT2D eigenvalue weighted by Crippen LogP contribution is 2.21. The van der Waals surface area contributed by atoms with Crippen molar-refractivity contribution in [2.45, 2.75) is 19.9 Å². The summed E-state index contributed by atoms with van der Waals surface area (Å²) in [5, 5.41) is 4.38. The Bertz CT molecular complexity index is 473. The zero-order chi connectivity index (χ0) is 10.8. The van der Waals surface area contributed by atoms with Crippen molar-refractivity contribution < 1.29 is 0 Å². The third kappa shape index (κ3) is 1.61. The van der Waals surface area contributed by atoms with Gasteiger partial charge >= 0.3 is 0 Å². The molecule has 15 heavy (non-hydrogen) atoms. The van der Waals surface area contributed by atoms with Crippen LogP contribution in [0.3, 0.4) is 0 Å². The fourth-order valence-corrected chi connectivity index (χ4v) is 1.96. The molecule has 0 aliphatic rings. The summed E-state index contributed by atoms with van der Waals surface area (Å²) >= 11 is 0. The van der Waals surface area contributed by atoms with E-state index in [0.29, 0.717) is 0 Å². The van der Waals surface area contributed by atoms with Crippen molar-refractivity contribution in [1.29, 1.82) is 0 Å². The van der Waals surface area contributed by atoms with Gasteiger partial charge in [-0.15, -0.1) is 0 Å². The molecule has 0 saturated carbocycles. The largest absolute Gasteiger partial charge is 0.335 e. The third-order valence-electron chi connectivity index (χ3n) is 2.61. The van der Waals surface area contributed by atoms with Gasteiger partial charge in [-0.05, 0) is 19.0 Å². The molecule has 2 aromatic rings. The lowest BCUT2D eigenvalue weighted by Crippen LogP contribution is -2.05. The van der Waals surface area contributed by atoms with E-state index in [1.807, 2.05) is 14.1 Å². The summed E-state index contributed by atoms with van der Waals surface area (Å²) in [5.41, 5.74) is 3.42. The van der Waals surface area contributed by atoms with E-state index < -0.39 is 0 Å². The molecule has 4 heteroatoms. The van der Waals surface area contributed by atoms with Crippen LogP contribution in [0.4, 0.5) is 0 Å². The molecular formula is C11H16N4. The monoisotopic (exact) mass is 204 g/mol. The number of aryl methyl sites for hydroxylation is 2. The lowest BCUT2D eigenvalue weighted by molar-refractivity contribution is 0.814. The zero-order valence-corrected chi connectivity index (χ0v) is 9.41. The van der Waals surface area contributed by atoms with Crippen molar-refractivity contribution in [2.75, 3.05) is 7.05 Å². The van der Waals surface area contributed by atoms with Crippen molar-refractivity contribution in [3.8, 4) is 0 Å². The molecule has 0 aromatic carbocycles. The summed E-state index contributed by atoms with van der Waals surface area (Å²) in [6.07, 6.45) is 4.71. The first-order valence-corrected chi connectivity index (χ1v) is 5.20. The number of nitrogens with one attached hydrogen (secondary N) is 1. The molecule has 2 rings (SSSR count). The number of hydrogen-bond acceptors (Lipinski definition) is 3. The highest BCUT2D eigenvalue weighted by atomic mass is 15.0. The molecule has 0 fully saturated rings. The molecule has 0 spiro atoms. The maximum Gasteiger partial charge on any atom is 0.143 e. The molecule has 0 aliphatic heterocycles. The summed E-state index contributed by atoms with van der Waals surface area (Å²) in [7, 11) is 3.97. The summed E-state index contributed by atoms with van der Waals surface area (Å²) < 4.78 is 2.06. The van der Waals surface area contributed by atoms with Crippen LogP contribution in [0.5, 0.6) is 0 Å². The van der Waals surface area contributed by atoms with Gasteiger partial charge in [0.2, 0.25) is 0 Å². The lowest BCUT2D eigenvalue weighted by atomic mass is 10.1.